The van der Waals surface area contributed by atoms with E-state index in [9.17, 15) is 0 Å². The van der Waals surface area contributed by atoms with Crippen molar-refractivity contribution in [2.24, 2.45) is 5.73 Å². The fourth-order valence-electron chi connectivity index (χ4n) is 0.993. The van der Waals surface area contributed by atoms with Crippen molar-refractivity contribution in [1.82, 2.24) is 0 Å². The highest BCUT2D eigenvalue weighted by Gasteiger charge is 2.01. The van der Waals surface area contributed by atoms with Gasteiger partial charge in [0, 0.05) is 23.7 Å². The van der Waals surface area contributed by atoms with E-state index in [2.05, 4.69) is 22.6 Å². The van der Waals surface area contributed by atoms with Crippen LogP contribution in [0.3, 0.4) is 0 Å². The molecule has 3 N–H and O–H groups in total. The molecule has 0 bridgehead atoms. The predicted molar refractivity (Wildman–Crippen MR) is 63.2 cm³/mol. The molecule has 0 aromatic carbocycles. The minimum atomic E-state index is 0.140. The minimum Gasteiger partial charge on any atom is -0.396 e. The standard InChI is InChI=1S/C9H20INO2/c10-5-3-7-13-8-9(11)4-1-2-6-12/h9,12H,1-8,11H2. The molecule has 13 heavy (non-hydrogen) atoms. The van der Waals surface area contributed by atoms with Crippen LogP contribution in [0.1, 0.15) is 25.7 Å². The Hall–Kier alpha value is 0.610. The normalized spacial score (nSPS) is 13.2. The van der Waals surface area contributed by atoms with Crippen molar-refractivity contribution in [2.45, 2.75) is 31.7 Å². The van der Waals surface area contributed by atoms with Gasteiger partial charge in [0.1, 0.15) is 0 Å². The summed E-state index contributed by atoms with van der Waals surface area (Å²) >= 11 is 2.33. The average molecular weight is 301 g/mol. The fourth-order valence-corrected chi connectivity index (χ4v) is 1.30. The van der Waals surface area contributed by atoms with Gasteiger partial charge in [-0.05, 0) is 25.7 Å². The van der Waals surface area contributed by atoms with Gasteiger partial charge in [-0.15, -0.1) is 0 Å². The van der Waals surface area contributed by atoms with Gasteiger partial charge in [-0.1, -0.05) is 22.6 Å². The Morgan fingerprint density at radius 1 is 1.31 bits per heavy atom. The summed E-state index contributed by atoms with van der Waals surface area (Å²) in [4.78, 5) is 0. The number of hydrogen-bond acceptors (Lipinski definition) is 3. The largest absolute Gasteiger partial charge is 0.396 e. The van der Waals surface area contributed by atoms with Gasteiger partial charge in [-0.3, -0.25) is 0 Å². The molecule has 0 spiro atoms. The molecule has 0 heterocycles. The van der Waals surface area contributed by atoms with Crippen molar-refractivity contribution in [3.8, 4) is 0 Å². The smallest absolute Gasteiger partial charge is 0.0617 e. The molecule has 0 amide bonds. The van der Waals surface area contributed by atoms with Gasteiger partial charge in [0.2, 0.25) is 0 Å². The van der Waals surface area contributed by atoms with Gasteiger partial charge in [0.05, 0.1) is 6.61 Å². The van der Waals surface area contributed by atoms with E-state index >= 15 is 0 Å². The topological polar surface area (TPSA) is 55.5 Å². The first kappa shape index (κ1) is 13.6. The van der Waals surface area contributed by atoms with E-state index in [-0.39, 0.29) is 12.6 Å². The second kappa shape index (κ2) is 10.7. The van der Waals surface area contributed by atoms with Crippen LogP contribution in [0.15, 0.2) is 0 Å². The molecule has 0 aliphatic rings. The molecule has 0 radical (unpaired) electrons. The van der Waals surface area contributed by atoms with Gasteiger partial charge >= 0.3 is 0 Å². The SMILES string of the molecule is NC(CCCCO)COCCCI. The molecule has 0 aliphatic carbocycles. The number of aliphatic hydroxyl groups excluding tert-OH is 1. The van der Waals surface area contributed by atoms with Crippen LogP contribution in [-0.2, 0) is 4.74 Å². The number of hydrogen-bond donors (Lipinski definition) is 2. The molecule has 0 rings (SSSR count). The number of alkyl halides is 1. The van der Waals surface area contributed by atoms with Crippen LogP contribution in [0.25, 0.3) is 0 Å². The second-order valence-corrected chi connectivity index (χ2v) is 4.18. The summed E-state index contributed by atoms with van der Waals surface area (Å²) in [6, 6.07) is 0.140. The lowest BCUT2D eigenvalue weighted by Crippen LogP contribution is -2.26. The van der Waals surface area contributed by atoms with E-state index < -0.39 is 0 Å². The van der Waals surface area contributed by atoms with Gasteiger partial charge in [0.25, 0.3) is 0 Å². The quantitative estimate of drug-likeness (QED) is 0.384. The Kier molecular flexibility index (Phi) is 11.2. The maximum absolute atomic E-state index is 8.55. The van der Waals surface area contributed by atoms with E-state index in [1.54, 1.807) is 0 Å². The minimum absolute atomic E-state index is 0.140. The maximum Gasteiger partial charge on any atom is 0.0617 e. The zero-order chi connectivity index (χ0) is 9.94. The van der Waals surface area contributed by atoms with E-state index in [1.807, 2.05) is 0 Å². The third kappa shape index (κ3) is 10.5. The third-order valence-corrected chi connectivity index (χ3v) is 2.50. The van der Waals surface area contributed by atoms with Gasteiger partial charge in [-0.2, -0.15) is 0 Å². The number of nitrogens with two attached hydrogens (primary N) is 1. The number of rotatable bonds is 9. The monoisotopic (exact) mass is 301 g/mol. The van der Waals surface area contributed by atoms with Crippen LogP contribution in [0, 0.1) is 0 Å². The van der Waals surface area contributed by atoms with Crippen LogP contribution in [-0.4, -0.2) is 35.4 Å². The van der Waals surface area contributed by atoms with Crippen LogP contribution in [0.5, 0.6) is 0 Å². The van der Waals surface area contributed by atoms with Gasteiger partial charge in [0.15, 0.2) is 0 Å². The average Bonchev–Trinajstić information content (AvgIpc) is 2.13. The zero-order valence-corrected chi connectivity index (χ0v) is 10.2. The van der Waals surface area contributed by atoms with Crippen LogP contribution in [0.2, 0.25) is 0 Å². The van der Waals surface area contributed by atoms with Crippen molar-refractivity contribution in [3.05, 3.63) is 0 Å². The molecule has 3 nitrogen and oxygen atoms in total. The number of halogens is 1. The summed E-state index contributed by atoms with van der Waals surface area (Å²) < 4.78 is 6.51. The van der Waals surface area contributed by atoms with Crippen LogP contribution in [0.4, 0.5) is 0 Å². The first-order chi connectivity index (χ1) is 6.31. The van der Waals surface area contributed by atoms with Crippen molar-refractivity contribution >= 4 is 22.6 Å². The molecule has 1 atom stereocenters. The predicted octanol–water partition coefficient (Wildman–Crippen LogP) is 1.32. The Morgan fingerprint density at radius 2 is 2.08 bits per heavy atom. The van der Waals surface area contributed by atoms with Gasteiger partial charge in [-0.25, -0.2) is 0 Å². The molecule has 0 aromatic rings. The maximum atomic E-state index is 8.55. The lowest BCUT2D eigenvalue weighted by atomic mass is 10.1. The van der Waals surface area contributed by atoms with E-state index in [1.165, 1.54) is 0 Å². The van der Waals surface area contributed by atoms with Gasteiger partial charge < -0.3 is 15.6 Å². The molecular weight excluding hydrogens is 281 g/mol. The molecule has 0 aliphatic heterocycles. The summed E-state index contributed by atoms with van der Waals surface area (Å²) in [5.74, 6) is 0. The molecular formula is C9H20INO2. The lowest BCUT2D eigenvalue weighted by molar-refractivity contribution is 0.119. The summed E-state index contributed by atoms with van der Waals surface area (Å²) in [7, 11) is 0. The molecule has 0 aromatic heterocycles. The van der Waals surface area contributed by atoms with E-state index in [0.29, 0.717) is 6.61 Å². The van der Waals surface area contributed by atoms with E-state index in [0.717, 1.165) is 36.7 Å². The summed E-state index contributed by atoms with van der Waals surface area (Å²) in [5, 5.41) is 8.55. The molecule has 0 fully saturated rings. The number of ether oxygens (including phenoxy) is 1. The molecule has 0 saturated carbocycles. The highest BCUT2D eigenvalue weighted by atomic mass is 127. The lowest BCUT2D eigenvalue weighted by Gasteiger charge is -2.11. The highest BCUT2D eigenvalue weighted by molar-refractivity contribution is 14.1. The Morgan fingerprint density at radius 3 is 2.69 bits per heavy atom. The Balaban J connectivity index is 3.05. The van der Waals surface area contributed by atoms with E-state index in [4.69, 9.17) is 15.6 Å². The van der Waals surface area contributed by atoms with Crippen LogP contribution < -0.4 is 5.73 Å². The first-order valence-corrected chi connectivity index (χ1v) is 6.34. The van der Waals surface area contributed by atoms with Crippen molar-refractivity contribution in [1.29, 1.82) is 0 Å². The summed E-state index contributed by atoms with van der Waals surface area (Å²) in [6.07, 6.45) is 3.89. The van der Waals surface area contributed by atoms with Crippen molar-refractivity contribution in [2.75, 3.05) is 24.2 Å². The van der Waals surface area contributed by atoms with Crippen molar-refractivity contribution in [3.63, 3.8) is 0 Å². The van der Waals surface area contributed by atoms with Crippen LogP contribution >= 0.6 is 22.6 Å². The zero-order valence-electron chi connectivity index (χ0n) is 8.04. The fraction of sp³-hybridized carbons (Fsp3) is 1.00. The Labute approximate surface area is 94.2 Å². The highest BCUT2D eigenvalue weighted by Crippen LogP contribution is 1.99. The third-order valence-electron chi connectivity index (χ3n) is 1.74. The first-order valence-electron chi connectivity index (χ1n) is 4.81. The summed E-state index contributed by atoms with van der Waals surface area (Å²) in [6.45, 7) is 1.74. The number of aliphatic hydroxyl groups is 1. The summed E-state index contributed by atoms with van der Waals surface area (Å²) in [5.41, 5.74) is 5.79. The molecule has 80 valence electrons. The second-order valence-electron chi connectivity index (χ2n) is 3.10. The number of unbranched alkanes of at least 4 members (excludes halogenated alkanes) is 1. The van der Waals surface area contributed by atoms with Crippen molar-refractivity contribution < 1.29 is 9.84 Å². The molecule has 4 heteroatoms. The Bertz CT molecular complexity index is 104. The molecule has 1 unspecified atom stereocenters. The molecule has 0 saturated heterocycles.